The number of carbonyl (C=O) groups is 1. The molecule has 1 saturated carbocycles. The fourth-order valence-electron chi connectivity index (χ4n) is 5.29. The Morgan fingerprint density at radius 3 is 2.45 bits per heavy atom. The molecule has 1 saturated heterocycles. The van der Waals surface area contributed by atoms with Crippen molar-refractivity contribution in [2.75, 3.05) is 18.0 Å². The highest BCUT2D eigenvalue weighted by atomic mass is 16.5. The summed E-state index contributed by atoms with van der Waals surface area (Å²) in [6.45, 7) is 7.60. The average Bonchev–Trinajstić information content (AvgIpc) is 3.43. The van der Waals surface area contributed by atoms with Gasteiger partial charge in [-0.15, -0.1) is 5.10 Å². The minimum atomic E-state index is -0.646. The third kappa shape index (κ3) is 4.26. The number of hydrogen-bond acceptors (Lipinski definition) is 6. The largest absolute Gasteiger partial charge is 0.485 e. The van der Waals surface area contributed by atoms with Crippen LogP contribution < -0.4 is 9.64 Å². The summed E-state index contributed by atoms with van der Waals surface area (Å²) >= 11 is 0. The minimum Gasteiger partial charge on any atom is -0.485 e. The molecule has 2 aliphatic rings. The predicted octanol–water partition coefficient (Wildman–Crippen LogP) is 4.07. The molecule has 1 aromatic carbocycles. The summed E-state index contributed by atoms with van der Waals surface area (Å²) in [5, 5.41) is 13.7. The Balaban J connectivity index is 1.23. The lowest BCUT2D eigenvalue weighted by molar-refractivity contribution is -0.142. The average molecular weight is 450 g/mol. The van der Waals surface area contributed by atoms with Gasteiger partial charge in [0.2, 0.25) is 0 Å². The first-order valence-electron chi connectivity index (χ1n) is 11.8. The molecule has 8 nitrogen and oxygen atoms in total. The van der Waals surface area contributed by atoms with Gasteiger partial charge < -0.3 is 14.7 Å². The SMILES string of the molecule is Cc1nc2nc(C)c(O[C@@H]3CCN(c4ccc(C5CCC(C(=O)O)CC5)cc4)C3)c(C)n2n1. The number of carboxylic acid groups (broad SMARTS) is 1. The van der Waals surface area contributed by atoms with Crippen LogP contribution in [0.15, 0.2) is 24.3 Å². The van der Waals surface area contributed by atoms with Crippen LogP contribution in [0.25, 0.3) is 5.78 Å². The fourth-order valence-corrected chi connectivity index (χ4v) is 5.29. The number of benzene rings is 1. The number of nitrogens with zero attached hydrogens (tertiary/aromatic N) is 5. The van der Waals surface area contributed by atoms with Gasteiger partial charge >= 0.3 is 5.97 Å². The van der Waals surface area contributed by atoms with Gasteiger partial charge in [-0.3, -0.25) is 4.79 Å². The van der Waals surface area contributed by atoms with Gasteiger partial charge in [-0.05, 0) is 70.1 Å². The van der Waals surface area contributed by atoms with Gasteiger partial charge in [0.05, 0.1) is 23.9 Å². The van der Waals surface area contributed by atoms with Crippen LogP contribution in [0.5, 0.6) is 5.75 Å². The molecule has 5 rings (SSSR count). The van der Waals surface area contributed by atoms with Crippen LogP contribution in [0.4, 0.5) is 5.69 Å². The van der Waals surface area contributed by atoms with Crippen LogP contribution in [0.3, 0.4) is 0 Å². The number of anilines is 1. The van der Waals surface area contributed by atoms with Gasteiger partial charge in [0.25, 0.3) is 5.78 Å². The van der Waals surface area contributed by atoms with E-state index in [0.717, 1.165) is 62.3 Å². The number of aryl methyl sites for hydroxylation is 3. The molecule has 3 aromatic rings. The Bertz CT molecular complexity index is 1160. The van der Waals surface area contributed by atoms with Crippen molar-refractivity contribution in [1.82, 2.24) is 19.6 Å². The molecule has 33 heavy (non-hydrogen) atoms. The third-order valence-corrected chi connectivity index (χ3v) is 7.17. The van der Waals surface area contributed by atoms with E-state index in [4.69, 9.17) is 4.74 Å². The minimum absolute atomic E-state index is 0.0947. The molecular formula is C25H31N5O3. The highest BCUT2D eigenvalue weighted by Gasteiger charge is 2.28. The molecule has 0 spiro atoms. The van der Waals surface area contributed by atoms with Crippen LogP contribution in [-0.4, -0.2) is 49.9 Å². The smallest absolute Gasteiger partial charge is 0.306 e. The Kier molecular flexibility index (Phi) is 5.68. The highest BCUT2D eigenvalue weighted by molar-refractivity contribution is 5.70. The van der Waals surface area contributed by atoms with Crippen molar-refractivity contribution in [3.8, 4) is 5.75 Å². The molecule has 0 amide bonds. The number of rotatable bonds is 5. The number of aliphatic carboxylic acids is 1. The maximum atomic E-state index is 11.2. The zero-order chi connectivity index (χ0) is 23.1. The Morgan fingerprint density at radius 2 is 1.76 bits per heavy atom. The first-order chi connectivity index (χ1) is 15.9. The molecule has 2 fully saturated rings. The van der Waals surface area contributed by atoms with Crippen molar-refractivity contribution in [1.29, 1.82) is 0 Å². The summed E-state index contributed by atoms with van der Waals surface area (Å²) in [5.74, 6) is 1.77. The number of hydrogen-bond donors (Lipinski definition) is 1. The number of ether oxygens (including phenoxy) is 1. The number of fused-ring (bicyclic) bond motifs is 1. The summed E-state index contributed by atoms with van der Waals surface area (Å²) in [7, 11) is 0. The molecule has 2 aromatic heterocycles. The predicted molar refractivity (Wildman–Crippen MR) is 125 cm³/mol. The van der Waals surface area contributed by atoms with E-state index in [1.54, 1.807) is 4.52 Å². The quantitative estimate of drug-likeness (QED) is 0.628. The molecule has 1 aliphatic heterocycles. The lowest BCUT2D eigenvalue weighted by atomic mass is 9.79. The van der Waals surface area contributed by atoms with Crippen molar-refractivity contribution in [3.63, 3.8) is 0 Å². The van der Waals surface area contributed by atoms with E-state index in [2.05, 4.69) is 44.2 Å². The van der Waals surface area contributed by atoms with Gasteiger partial charge in [0, 0.05) is 18.7 Å². The summed E-state index contributed by atoms with van der Waals surface area (Å²) in [4.78, 5) is 22.5. The van der Waals surface area contributed by atoms with Crippen molar-refractivity contribution >= 4 is 17.4 Å². The second-order valence-electron chi connectivity index (χ2n) is 9.44. The van der Waals surface area contributed by atoms with Crippen LogP contribution in [0.1, 0.15) is 60.8 Å². The lowest BCUT2D eigenvalue weighted by Crippen LogP contribution is -2.25. The molecule has 8 heteroatoms. The topological polar surface area (TPSA) is 92.9 Å². The standard InChI is InChI=1S/C25H31N5O3/c1-15-23(16(2)30-25(26-15)27-17(3)28-30)33-22-12-13-29(14-22)21-10-8-19(9-11-21)18-4-6-20(7-5-18)24(31)32/h8-11,18,20,22H,4-7,12-14H2,1-3H3,(H,31,32)/t18?,20?,22-/m1/s1. The third-order valence-electron chi connectivity index (χ3n) is 7.17. The number of aromatic nitrogens is 4. The normalized spacial score (nSPS) is 23.2. The lowest BCUT2D eigenvalue weighted by Gasteiger charge is -2.27. The summed E-state index contributed by atoms with van der Waals surface area (Å²) < 4.78 is 8.17. The highest BCUT2D eigenvalue weighted by Crippen LogP contribution is 2.37. The molecule has 0 radical (unpaired) electrons. The van der Waals surface area contributed by atoms with E-state index in [0.29, 0.717) is 17.5 Å². The van der Waals surface area contributed by atoms with E-state index in [-0.39, 0.29) is 12.0 Å². The van der Waals surface area contributed by atoms with Gasteiger partial charge in [-0.1, -0.05) is 12.1 Å². The van der Waals surface area contributed by atoms with Crippen molar-refractivity contribution < 1.29 is 14.6 Å². The molecule has 1 aliphatic carbocycles. The van der Waals surface area contributed by atoms with Crippen molar-refractivity contribution in [2.24, 2.45) is 5.92 Å². The molecule has 0 unspecified atom stereocenters. The molecule has 3 heterocycles. The van der Waals surface area contributed by atoms with Crippen LogP contribution in [-0.2, 0) is 4.79 Å². The zero-order valence-electron chi connectivity index (χ0n) is 19.5. The molecule has 1 N–H and O–H groups in total. The van der Waals surface area contributed by atoms with Gasteiger partial charge in [0.1, 0.15) is 11.9 Å². The maximum absolute atomic E-state index is 11.2. The monoisotopic (exact) mass is 449 g/mol. The van der Waals surface area contributed by atoms with E-state index >= 15 is 0 Å². The molecule has 1 atom stereocenters. The zero-order valence-corrected chi connectivity index (χ0v) is 19.5. The second-order valence-corrected chi connectivity index (χ2v) is 9.44. The summed E-state index contributed by atoms with van der Waals surface area (Å²) in [6, 6.07) is 8.83. The van der Waals surface area contributed by atoms with Crippen molar-refractivity contribution in [2.45, 2.75) is 64.9 Å². The number of carboxylic acids is 1. The second kappa shape index (κ2) is 8.65. The van der Waals surface area contributed by atoms with Crippen LogP contribution in [0.2, 0.25) is 0 Å². The molecule has 174 valence electrons. The van der Waals surface area contributed by atoms with E-state index < -0.39 is 5.97 Å². The Labute approximate surface area is 193 Å². The first-order valence-corrected chi connectivity index (χ1v) is 11.8. The molecule has 0 bridgehead atoms. The van der Waals surface area contributed by atoms with Crippen molar-refractivity contribution in [3.05, 3.63) is 47.0 Å². The molecular weight excluding hydrogens is 418 g/mol. The Morgan fingerprint density at radius 1 is 1.03 bits per heavy atom. The van der Waals surface area contributed by atoms with Gasteiger partial charge in [-0.2, -0.15) is 9.50 Å². The van der Waals surface area contributed by atoms with E-state index in [1.165, 1.54) is 11.3 Å². The van der Waals surface area contributed by atoms with Gasteiger partial charge in [0.15, 0.2) is 5.75 Å². The van der Waals surface area contributed by atoms with E-state index in [9.17, 15) is 9.90 Å². The summed E-state index contributed by atoms with van der Waals surface area (Å²) in [6.07, 6.45) is 4.52. The van der Waals surface area contributed by atoms with Crippen LogP contribution >= 0.6 is 0 Å². The first kappa shape index (κ1) is 21.7. The maximum Gasteiger partial charge on any atom is 0.306 e. The fraction of sp³-hybridized carbons (Fsp3) is 0.520. The van der Waals surface area contributed by atoms with Gasteiger partial charge in [-0.25, -0.2) is 4.98 Å². The summed E-state index contributed by atoms with van der Waals surface area (Å²) in [5.41, 5.74) is 4.30. The van der Waals surface area contributed by atoms with Crippen LogP contribution in [0, 0.1) is 26.7 Å². The Hall–Kier alpha value is -3.16. The van der Waals surface area contributed by atoms with E-state index in [1.807, 2.05) is 20.8 Å².